The van der Waals surface area contributed by atoms with E-state index < -0.39 is 0 Å². The first-order chi connectivity index (χ1) is 10.3. The Balaban J connectivity index is 0.00000132. The molecule has 6 heteroatoms. The van der Waals surface area contributed by atoms with Crippen LogP contribution >= 0.6 is 24.8 Å². The summed E-state index contributed by atoms with van der Waals surface area (Å²) < 4.78 is 0. The Bertz CT molecular complexity index is 364. The van der Waals surface area contributed by atoms with Crippen molar-refractivity contribution in [2.24, 2.45) is 17.6 Å². The number of nitrogens with two attached hydrogens (primary N) is 1. The van der Waals surface area contributed by atoms with Crippen LogP contribution in [-0.4, -0.2) is 54.5 Å². The number of hydrogen-bond acceptors (Lipinski definition) is 3. The highest BCUT2D eigenvalue weighted by atomic mass is 35.5. The topological polar surface area (TPSA) is 49.6 Å². The van der Waals surface area contributed by atoms with Crippen molar-refractivity contribution in [1.82, 2.24) is 9.80 Å². The molecule has 3 atom stereocenters. The number of piperidine rings is 1. The number of amides is 1. The minimum atomic E-state index is 0. The van der Waals surface area contributed by atoms with Gasteiger partial charge >= 0.3 is 0 Å². The molecule has 23 heavy (non-hydrogen) atoms. The van der Waals surface area contributed by atoms with Gasteiger partial charge in [-0.25, -0.2) is 0 Å². The van der Waals surface area contributed by atoms with Crippen molar-refractivity contribution in [1.29, 1.82) is 0 Å². The third-order valence-electron chi connectivity index (χ3n) is 5.86. The van der Waals surface area contributed by atoms with E-state index in [1.165, 1.54) is 51.6 Å². The molecule has 0 bridgehead atoms. The van der Waals surface area contributed by atoms with Crippen molar-refractivity contribution in [2.75, 3.05) is 32.7 Å². The largest absolute Gasteiger partial charge is 0.338 e. The Hall–Kier alpha value is -0.0300. The van der Waals surface area contributed by atoms with E-state index in [2.05, 4.69) is 9.80 Å². The first-order valence-electron chi connectivity index (χ1n) is 9.02. The highest BCUT2D eigenvalue weighted by molar-refractivity contribution is 5.85. The number of halogens is 2. The molecular formula is C17H33Cl2N3O. The lowest BCUT2D eigenvalue weighted by atomic mass is 9.94. The van der Waals surface area contributed by atoms with Gasteiger partial charge in [0.1, 0.15) is 0 Å². The van der Waals surface area contributed by atoms with Crippen LogP contribution in [0.1, 0.15) is 51.4 Å². The molecule has 3 fully saturated rings. The van der Waals surface area contributed by atoms with Crippen LogP contribution in [0.15, 0.2) is 0 Å². The molecule has 1 amide bonds. The van der Waals surface area contributed by atoms with Crippen LogP contribution < -0.4 is 5.73 Å². The number of hydrogen-bond donors (Lipinski definition) is 1. The van der Waals surface area contributed by atoms with E-state index in [0.29, 0.717) is 24.4 Å². The van der Waals surface area contributed by atoms with E-state index in [0.717, 1.165) is 25.9 Å². The molecule has 2 aliphatic heterocycles. The number of rotatable bonds is 4. The smallest absolute Gasteiger partial charge is 0.226 e. The van der Waals surface area contributed by atoms with Gasteiger partial charge < -0.3 is 15.5 Å². The average Bonchev–Trinajstić information content (AvgIpc) is 3.16. The quantitative estimate of drug-likeness (QED) is 0.832. The van der Waals surface area contributed by atoms with Crippen LogP contribution in [0.2, 0.25) is 0 Å². The molecular weight excluding hydrogens is 333 g/mol. The molecule has 4 nitrogen and oxygen atoms in total. The van der Waals surface area contributed by atoms with Crippen molar-refractivity contribution < 1.29 is 4.79 Å². The van der Waals surface area contributed by atoms with Gasteiger partial charge in [0.2, 0.25) is 5.91 Å². The second-order valence-corrected chi connectivity index (χ2v) is 7.22. The molecule has 1 unspecified atom stereocenters. The molecule has 0 spiro atoms. The highest BCUT2D eigenvalue weighted by Crippen LogP contribution is 2.34. The Kier molecular flexibility index (Phi) is 9.20. The Labute approximate surface area is 153 Å². The SMILES string of the molecule is Cl.Cl.NC[C@H]1CCC[C@H]1C(=O)N1CCCC1CN1CCCCC1. The predicted molar refractivity (Wildman–Crippen MR) is 99.4 cm³/mol. The fourth-order valence-corrected chi connectivity index (χ4v) is 4.61. The minimum absolute atomic E-state index is 0. The second-order valence-electron chi connectivity index (χ2n) is 7.22. The van der Waals surface area contributed by atoms with Crippen LogP contribution in [0.5, 0.6) is 0 Å². The maximum absolute atomic E-state index is 12.9. The summed E-state index contributed by atoms with van der Waals surface area (Å²) >= 11 is 0. The molecule has 0 aromatic carbocycles. The van der Waals surface area contributed by atoms with E-state index in [1.807, 2.05) is 0 Å². The Morgan fingerprint density at radius 3 is 2.35 bits per heavy atom. The summed E-state index contributed by atoms with van der Waals surface area (Å²) in [7, 11) is 0. The molecule has 0 aromatic heterocycles. The van der Waals surface area contributed by atoms with Crippen LogP contribution in [0, 0.1) is 11.8 Å². The molecule has 2 saturated heterocycles. The van der Waals surface area contributed by atoms with Crippen LogP contribution in [-0.2, 0) is 4.79 Å². The predicted octanol–water partition coefficient (Wildman–Crippen LogP) is 2.68. The third kappa shape index (κ3) is 4.97. The zero-order chi connectivity index (χ0) is 14.7. The first kappa shape index (κ1) is 21.0. The van der Waals surface area contributed by atoms with E-state index in [1.54, 1.807) is 0 Å². The molecule has 1 saturated carbocycles. The third-order valence-corrected chi connectivity index (χ3v) is 5.86. The van der Waals surface area contributed by atoms with Crippen molar-refractivity contribution in [3.05, 3.63) is 0 Å². The monoisotopic (exact) mass is 365 g/mol. The van der Waals surface area contributed by atoms with Gasteiger partial charge in [-0.2, -0.15) is 0 Å². The lowest BCUT2D eigenvalue weighted by molar-refractivity contribution is -0.137. The molecule has 3 aliphatic rings. The van der Waals surface area contributed by atoms with Crippen LogP contribution in [0.3, 0.4) is 0 Å². The van der Waals surface area contributed by atoms with Gasteiger partial charge in [-0.3, -0.25) is 4.79 Å². The second kappa shape index (κ2) is 10.1. The molecule has 2 N–H and O–H groups in total. The lowest BCUT2D eigenvalue weighted by Crippen LogP contribution is -2.47. The summed E-state index contributed by atoms with van der Waals surface area (Å²) in [4.78, 5) is 17.7. The maximum Gasteiger partial charge on any atom is 0.226 e. The van der Waals surface area contributed by atoms with Crippen molar-refractivity contribution in [3.63, 3.8) is 0 Å². The summed E-state index contributed by atoms with van der Waals surface area (Å²) in [5.74, 6) is 1.08. The number of carbonyl (C=O) groups is 1. The summed E-state index contributed by atoms with van der Waals surface area (Å²) in [6.07, 6.45) is 9.82. The fraction of sp³-hybridized carbons (Fsp3) is 0.941. The van der Waals surface area contributed by atoms with Gasteiger partial charge in [0, 0.05) is 25.0 Å². The Morgan fingerprint density at radius 1 is 0.913 bits per heavy atom. The van der Waals surface area contributed by atoms with Gasteiger partial charge in [0.25, 0.3) is 0 Å². The molecule has 2 heterocycles. The summed E-state index contributed by atoms with van der Waals surface area (Å²) in [6.45, 7) is 5.22. The van der Waals surface area contributed by atoms with Crippen molar-refractivity contribution in [2.45, 2.75) is 57.4 Å². The first-order valence-corrected chi connectivity index (χ1v) is 9.02. The number of nitrogens with zero attached hydrogens (tertiary/aromatic N) is 2. The molecule has 136 valence electrons. The summed E-state index contributed by atoms with van der Waals surface area (Å²) in [6, 6.07) is 0.467. The van der Waals surface area contributed by atoms with E-state index >= 15 is 0 Å². The molecule has 0 radical (unpaired) electrons. The molecule has 3 rings (SSSR count). The van der Waals surface area contributed by atoms with Gasteiger partial charge in [-0.05, 0) is 64.1 Å². The molecule has 0 aromatic rings. The van der Waals surface area contributed by atoms with E-state index in [4.69, 9.17) is 5.73 Å². The number of carbonyl (C=O) groups excluding carboxylic acids is 1. The van der Waals surface area contributed by atoms with Gasteiger partial charge in [-0.1, -0.05) is 12.8 Å². The van der Waals surface area contributed by atoms with E-state index in [9.17, 15) is 4.79 Å². The minimum Gasteiger partial charge on any atom is -0.338 e. The van der Waals surface area contributed by atoms with Crippen molar-refractivity contribution >= 4 is 30.7 Å². The highest BCUT2D eigenvalue weighted by Gasteiger charge is 2.39. The van der Waals surface area contributed by atoms with Gasteiger partial charge in [0.05, 0.1) is 0 Å². The fourth-order valence-electron chi connectivity index (χ4n) is 4.61. The maximum atomic E-state index is 12.9. The summed E-state index contributed by atoms with van der Waals surface area (Å²) in [5, 5.41) is 0. The average molecular weight is 366 g/mol. The molecule has 1 aliphatic carbocycles. The Morgan fingerprint density at radius 2 is 1.65 bits per heavy atom. The standard InChI is InChI=1S/C17H31N3O.2ClH/c18-12-14-6-4-8-16(14)17(21)20-11-5-7-15(20)13-19-9-2-1-3-10-19;;/h14-16H,1-13,18H2;2*1H/t14-,15?,16-;;/m1../s1. The van der Waals surface area contributed by atoms with Crippen molar-refractivity contribution in [3.8, 4) is 0 Å². The lowest BCUT2D eigenvalue weighted by Gasteiger charge is -2.34. The number of likely N-dealkylation sites (tertiary alicyclic amines) is 2. The van der Waals surface area contributed by atoms with Gasteiger partial charge in [0.15, 0.2) is 0 Å². The van der Waals surface area contributed by atoms with E-state index in [-0.39, 0.29) is 30.7 Å². The zero-order valence-corrected chi connectivity index (χ0v) is 15.8. The normalized spacial score (nSPS) is 31.5. The van der Waals surface area contributed by atoms with Gasteiger partial charge in [-0.15, -0.1) is 24.8 Å². The zero-order valence-electron chi connectivity index (χ0n) is 14.1. The van der Waals surface area contributed by atoms with Crippen LogP contribution in [0.25, 0.3) is 0 Å². The summed E-state index contributed by atoms with van der Waals surface area (Å²) in [5.41, 5.74) is 5.87. The van der Waals surface area contributed by atoms with Crippen LogP contribution in [0.4, 0.5) is 0 Å².